The molecule has 5 rings (SSSR count). The highest BCUT2D eigenvalue weighted by molar-refractivity contribution is 5.89. The van der Waals surface area contributed by atoms with Crippen LogP contribution in [-0.4, -0.2) is 49.2 Å². The van der Waals surface area contributed by atoms with Gasteiger partial charge in [0.25, 0.3) is 0 Å². The first-order valence-corrected chi connectivity index (χ1v) is 10.9. The molecule has 29 heavy (non-hydrogen) atoms. The zero-order valence-corrected chi connectivity index (χ0v) is 17.6. The molecule has 4 aliphatic rings. The molecule has 6 nitrogen and oxygen atoms in total. The van der Waals surface area contributed by atoms with Crippen LogP contribution < -0.4 is 0 Å². The van der Waals surface area contributed by atoms with E-state index in [9.17, 15) is 20.1 Å². The molecule has 1 aromatic rings. The Balaban J connectivity index is 1.54. The fraction of sp³-hybridized carbons (Fsp3) is 0.739. The normalized spacial score (nSPS) is 45.7. The Kier molecular flexibility index (Phi) is 4.04. The monoisotopic (exact) mass is 400 g/mol. The number of Topliss-reactive ketones (excluding diaryl/α,β-unsaturated/α-hetero) is 1. The summed E-state index contributed by atoms with van der Waals surface area (Å²) in [6.07, 6.45) is 8.13. The van der Waals surface area contributed by atoms with E-state index in [4.69, 9.17) is 0 Å². The Morgan fingerprint density at radius 1 is 1.34 bits per heavy atom. The summed E-state index contributed by atoms with van der Waals surface area (Å²) in [4.78, 5) is 12.5. The quantitative estimate of drug-likeness (QED) is 0.704. The summed E-state index contributed by atoms with van der Waals surface area (Å²) in [5.41, 5.74) is 1.34. The third kappa shape index (κ3) is 2.34. The van der Waals surface area contributed by atoms with Crippen molar-refractivity contribution in [3.63, 3.8) is 0 Å². The third-order valence-corrected chi connectivity index (χ3v) is 9.23. The Hall–Kier alpha value is -1.50. The van der Waals surface area contributed by atoms with Gasteiger partial charge in [-0.1, -0.05) is 19.4 Å². The molecule has 0 unspecified atom stereocenters. The van der Waals surface area contributed by atoms with E-state index in [1.807, 2.05) is 18.7 Å². The van der Waals surface area contributed by atoms with Crippen LogP contribution in [0.1, 0.15) is 57.2 Å². The van der Waals surface area contributed by atoms with Gasteiger partial charge in [-0.25, -0.2) is 0 Å². The summed E-state index contributed by atoms with van der Waals surface area (Å²) < 4.78 is 1.87. The van der Waals surface area contributed by atoms with Crippen LogP contribution in [0, 0.1) is 28.6 Å². The van der Waals surface area contributed by atoms with Gasteiger partial charge in [0.05, 0.1) is 11.8 Å². The molecule has 0 radical (unpaired) electrons. The fourth-order valence-electron chi connectivity index (χ4n) is 7.91. The number of rotatable bonds is 2. The molecular formula is C23H32N2O4. The molecule has 1 aromatic heterocycles. The molecule has 3 N–H and O–H groups in total. The van der Waals surface area contributed by atoms with Gasteiger partial charge in [0.1, 0.15) is 12.2 Å². The van der Waals surface area contributed by atoms with E-state index in [1.54, 1.807) is 0 Å². The topological polar surface area (TPSA) is 95.6 Å². The highest BCUT2D eigenvalue weighted by Crippen LogP contribution is 2.67. The van der Waals surface area contributed by atoms with Gasteiger partial charge in [0.2, 0.25) is 0 Å². The van der Waals surface area contributed by atoms with Crippen LogP contribution in [0.2, 0.25) is 0 Å². The first kappa shape index (κ1) is 19.5. The summed E-state index contributed by atoms with van der Waals surface area (Å²) in [6, 6.07) is 0. The Morgan fingerprint density at radius 2 is 2.10 bits per heavy atom. The van der Waals surface area contributed by atoms with Gasteiger partial charge in [0, 0.05) is 18.7 Å². The minimum atomic E-state index is -1.53. The van der Waals surface area contributed by atoms with E-state index in [2.05, 4.69) is 24.3 Å². The van der Waals surface area contributed by atoms with Gasteiger partial charge in [-0.2, -0.15) is 5.10 Å². The number of aliphatic hydroxyl groups is 3. The van der Waals surface area contributed by atoms with Crippen LogP contribution in [-0.2, 0) is 18.3 Å². The van der Waals surface area contributed by atoms with Crippen molar-refractivity contribution in [2.24, 2.45) is 35.6 Å². The Bertz CT molecular complexity index is 907. The second-order valence-corrected chi connectivity index (χ2v) is 10.5. The summed E-state index contributed by atoms with van der Waals surface area (Å²) in [7, 11) is 1.95. The van der Waals surface area contributed by atoms with Crippen molar-refractivity contribution in [3.8, 4) is 0 Å². The number of aromatic nitrogens is 2. The van der Waals surface area contributed by atoms with Crippen LogP contribution >= 0.6 is 0 Å². The molecule has 0 aliphatic heterocycles. The average molecular weight is 401 g/mol. The lowest BCUT2D eigenvalue weighted by atomic mass is 9.45. The molecule has 0 spiro atoms. The van der Waals surface area contributed by atoms with E-state index in [-0.39, 0.29) is 23.2 Å². The molecule has 0 saturated heterocycles. The minimum Gasteiger partial charge on any atom is -0.393 e. The lowest BCUT2D eigenvalue weighted by Gasteiger charge is -2.60. The number of aryl methyl sites for hydroxylation is 1. The Labute approximate surface area is 171 Å². The molecule has 3 fully saturated rings. The number of aliphatic hydroxyl groups excluding tert-OH is 2. The highest BCUT2D eigenvalue weighted by atomic mass is 16.3. The molecule has 158 valence electrons. The van der Waals surface area contributed by atoms with Crippen LogP contribution in [0.15, 0.2) is 11.8 Å². The largest absolute Gasteiger partial charge is 0.393 e. The molecule has 0 aromatic carbocycles. The van der Waals surface area contributed by atoms with Crippen molar-refractivity contribution in [1.29, 1.82) is 0 Å². The average Bonchev–Trinajstić information content (AvgIpc) is 3.14. The Morgan fingerprint density at radius 3 is 2.83 bits per heavy atom. The van der Waals surface area contributed by atoms with Gasteiger partial charge in [-0.3, -0.25) is 9.48 Å². The highest BCUT2D eigenvalue weighted by Gasteiger charge is 2.68. The van der Waals surface area contributed by atoms with Crippen LogP contribution in [0.5, 0.6) is 0 Å². The van der Waals surface area contributed by atoms with Crippen LogP contribution in [0.3, 0.4) is 0 Å². The van der Waals surface area contributed by atoms with Crippen molar-refractivity contribution in [1.82, 2.24) is 9.78 Å². The van der Waals surface area contributed by atoms with Crippen molar-refractivity contribution in [2.75, 3.05) is 6.61 Å². The lowest BCUT2D eigenvalue weighted by Crippen LogP contribution is -2.62. The van der Waals surface area contributed by atoms with Crippen LogP contribution in [0.25, 0.3) is 6.08 Å². The summed E-state index contributed by atoms with van der Waals surface area (Å²) in [5, 5.41) is 36.8. The number of hydrogen-bond donors (Lipinski definition) is 3. The summed E-state index contributed by atoms with van der Waals surface area (Å²) in [5.74, 6) is 0.0728. The zero-order valence-electron chi connectivity index (χ0n) is 17.6. The second-order valence-electron chi connectivity index (χ2n) is 10.5. The number of fused-ring (bicyclic) bond motifs is 6. The number of hydrogen-bond acceptors (Lipinski definition) is 5. The first-order chi connectivity index (χ1) is 13.6. The van der Waals surface area contributed by atoms with Crippen LogP contribution in [0.4, 0.5) is 0 Å². The molecule has 4 aliphatic carbocycles. The maximum Gasteiger partial charge on any atom is 0.190 e. The van der Waals surface area contributed by atoms with Gasteiger partial charge in [-0.15, -0.1) is 0 Å². The van der Waals surface area contributed by atoms with Crippen molar-refractivity contribution in [3.05, 3.63) is 23.0 Å². The number of ketones is 1. The predicted molar refractivity (Wildman–Crippen MR) is 108 cm³/mol. The number of nitrogens with zero attached hydrogens (tertiary/aromatic N) is 2. The SMILES string of the molecule is Cn1cc2c(n1)C=C1CC[C@@H]3[C@H]([C@@H](O)C[C@@]4(C)[C@H]3CC[C@]4(O)C(=O)CO)[C@@]1(C)C2. The van der Waals surface area contributed by atoms with E-state index < -0.39 is 29.5 Å². The van der Waals surface area contributed by atoms with Gasteiger partial charge < -0.3 is 15.3 Å². The summed E-state index contributed by atoms with van der Waals surface area (Å²) >= 11 is 0. The molecule has 1 heterocycles. The predicted octanol–water partition coefficient (Wildman–Crippen LogP) is 1.87. The van der Waals surface area contributed by atoms with E-state index in [0.717, 1.165) is 31.4 Å². The van der Waals surface area contributed by atoms with Gasteiger partial charge >= 0.3 is 0 Å². The smallest absolute Gasteiger partial charge is 0.190 e. The van der Waals surface area contributed by atoms with Gasteiger partial charge in [-0.05, 0) is 73.3 Å². The molecular weight excluding hydrogens is 368 g/mol. The van der Waals surface area contributed by atoms with Crippen molar-refractivity contribution in [2.45, 2.75) is 64.1 Å². The minimum absolute atomic E-state index is 0.112. The lowest BCUT2D eigenvalue weighted by molar-refractivity contribution is -0.181. The summed E-state index contributed by atoms with van der Waals surface area (Å²) in [6.45, 7) is 3.61. The number of carbonyl (C=O) groups is 1. The second kappa shape index (κ2) is 6.02. The maximum absolute atomic E-state index is 12.5. The van der Waals surface area contributed by atoms with Crippen molar-refractivity contribution >= 4 is 11.9 Å². The number of allylic oxidation sites excluding steroid dienone is 1. The third-order valence-electron chi connectivity index (χ3n) is 9.23. The first-order valence-electron chi connectivity index (χ1n) is 10.9. The molecule has 3 saturated carbocycles. The standard InChI is InChI=1S/C23H32N2O4/c1-21-9-13-11-25(3)24-17(13)8-14(21)4-5-15-16-6-7-23(29,19(28)12-26)22(16,2)10-18(27)20(15)21/h8,11,15-16,18,20,26-27,29H,4-7,9-10,12H2,1-3H3/t15-,16-,18-,20+,21-,22-,23-/m0/s1. The number of carbonyl (C=O) groups excluding carboxylic acids is 1. The fourth-order valence-corrected chi connectivity index (χ4v) is 7.91. The zero-order chi connectivity index (χ0) is 20.8. The molecule has 0 amide bonds. The van der Waals surface area contributed by atoms with Crippen molar-refractivity contribution < 1.29 is 20.1 Å². The molecule has 7 atom stereocenters. The molecule has 6 heteroatoms. The van der Waals surface area contributed by atoms with Gasteiger partial charge in [0.15, 0.2) is 5.78 Å². The van der Waals surface area contributed by atoms with E-state index >= 15 is 0 Å². The maximum atomic E-state index is 12.5. The van der Waals surface area contributed by atoms with E-state index in [1.165, 1.54) is 11.1 Å². The van der Waals surface area contributed by atoms with E-state index in [0.29, 0.717) is 12.8 Å². The molecule has 0 bridgehead atoms.